The number of carbonyl (C=O) groups is 1. The standard InChI is InChI=1S/C13H18N2O2/c1-10-4-3-7-15(8-10)13(17)11-5-6-12(16)14(2)9-11/h5-6,9-10H,3-4,7-8H2,1-2H3. The van der Waals surface area contributed by atoms with Gasteiger partial charge < -0.3 is 9.47 Å². The van der Waals surface area contributed by atoms with E-state index in [2.05, 4.69) is 6.92 Å². The van der Waals surface area contributed by atoms with Crippen molar-refractivity contribution in [3.63, 3.8) is 0 Å². The Morgan fingerprint density at radius 1 is 1.41 bits per heavy atom. The van der Waals surface area contributed by atoms with Crippen LogP contribution in [-0.2, 0) is 7.05 Å². The van der Waals surface area contributed by atoms with Crippen LogP contribution in [0.25, 0.3) is 0 Å². The van der Waals surface area contributed by atoms with Crippen molar-refractivity contribution >= 4 is 5.91 Å². The van der Waals surface area contributed by atoms with Crippen LogP contribution >= 0.6 is 0 Å². The quantitative estimate of drug-likeness (QED) is 0.734. The van der Waals surface area contributed by atoms with Gasteiger partial charge >= 0.3 is 0 Å². The fourth-order valence-electron chi connectivity index (χ4n) is 2.28. The van der Waals surface area contributed by atoms with Crippen molar-refractivity contribution in [3.8, 4) is 0 Å². The minimum atomic E-state index is -0.0893. The van der Waals surface area contributed by atoms with Crippen LogP contribution in [0.1, 0.15) is 30.1 Å². The van der Waals surface area contributed by atoms with Gasteiger partial charge in [0, 0.05) is 32.4 Å². The number of rotatable bonds is 1. The molecule has 92 valence electrons. The molecule has 1 atom stereocenters. The van der Waals surface area contributed by atoms with Crippen molar-refractivity contribution in [3.05, 3.63) is 34.2 Å². The van der Waals surface area contributed by atoms with E-state index in [4.69, 9.17) is 0 Å². The molecule has 2 rings (SSSR count). The topological polar surface area (TPSA) is 42.3 Å². The largest absolute Gasteiger partial charge is 0.338 e. The minimum absolute atomic E-state index is 0.0344. The van der Waals surface area contributed by atoms with Gasteiger partial charge in [0.05, 0.1) is 5.56 Å². The van der Waals surface area contributed by atoms with E-state index in [-0.39, 0.29) is 11.5 Å². The van der Waals surface area contributed by atoms with Crippen molar-refractivity contribution in [1.82, 2.24) is 9.47 Å². The van der Waals surface area contributed by atoms with E-state index in [0.717, 1.165) is 19.5 Å². The van der Waals surface area contributed by atoms with Gasteiger partial charge in [0.2, 0.25) is 5.56 Å². The van der Waals surface area contributed by atoms with Gasteiger partial charge in [-0.05, 0) is 24.8 Å². The second-order valence-electron chi connectivity index (χ2n) is 4.87. The van der Waals surface area contributed by atoms with E-state index in [9.17, 15) is 9.59 Å². The second-order valence-corrected chi connectivity index (χ2v) is 4.87. The molecule has 0 N–H and O–H groups in total. The van der Waals surface area contributed by atoms with E-state index >= 15 is 0 Å². The smallest absolute Gasteiger partial charge is 0.255 e. The molecule has 1 aliphatic heterocycles. The molecule has 4 nitrogen and oxygen atoms in total. The van der Waals surface area contributed by atoms with E-state index < -0.39 is 0 Å². The molecule has 0 aliphatic carbocycles. The summed E-state index contributed by atoms with van der Waals surface area (Å²) in [5.41, 5.74) is 0.509. The van der Waals surface area contributed by atoms with Gasteiger partial charge in [0.25, 0.3) is 5.91 Å². The van der Waals surface area contributed by atoms with E-state index in [1.807, 2.05) is 4.90 Å². The highest BCUT2D eigenvalue weighted by molar-refractivity contribution is 5.93. The lowest BCUT2D eigenvalue weighted by molar-refractivity contribution is 0.0682. The summed E-state index contributed by atoms with van der Waals surface area (Å²) < 4.78 is 1.45. The van der Waals surface area contributed by atoms with Gasteiger partial charge in [-0.1, -0.05) is 6.92 Å². The number of aryl methyl sites for hydroxylation is 1. The molecule has 1 unspecified atom stereocenters. The monoisotopic (exact) mass is 234 g/mol. The van der Waals surface area contributed by atoms with E-state index in [0.29, 0.717) is 11.5 Å². The van der Waals surface area contributed by atoms with Crippen molar-refractivity contribution in [1.29, 1.82) is 0 Å². The van der Waals surface area contributed by atoms with Gasteiger partial charge in [-0.25, -0.2) is 0 Å². The third kappa shape index (κ3) is 2.57. The first kappa shape index (κ1) is 11.9. The Balaban J connectivity index is 2.18. The minimum Gasteiger partial charge on any atom is -0.338 e. The molecular weight excluding hydrogens is 216 g/mol. The van der Waals surface area contributed by atoms with Gasteiger partial charge in [-0.15, -0.1) is 0 Å². The van der Waals surface area contributed by atoms with Gasteiger partial charge in [0.1, 0.15) is 0 Å². The first-order chi connectivity index (χ1) is 8.08. The number of amides is 1. The number of hydrogen-bond acceptors (Lipinski definition) is 2. The summed E-state index contributed by atoms with van der Waals surface area (Å²) in [6, 6.07) is 3.06. The lowest BCUT2D eigenvalue weighted by Crippen LogP contribution is -2.39. The fraction of sp³-hybridized carbons (Fsp3) is 0.538. The van der Waals surface area contributed by atoms with E-state index in [1.165, 1.54) is 17.1 Å². The van der Waals surface area contributed by atoms with Gasteiger partial charge in [-0.3, -0.25) is 9.59 Å². The molecule has 0 bridgehead atoms. The van der Waals surface area contributed by atoms with Crippen LogP contribution in [0.2, 0.25) is 0 Å². The average Bonchev–Trinajstić information content (AvgIpc) is 2.32. The van der Waals surface area contributed by atoms with Gasteiger partial charge in [0.15, 0.2) is 0 Å². The normalized spacial score (nSPS) is 20.4. The molecule has 2 heterocycles. The summed E-state index contributed by atoms with van der Waals surface area (Å²) >= 11 is 0. The summed E-state index contributed by atoms with van der Waals surface area (Å²) in [5.74, 6) is 0.604. The third-order valence-corrected chi connectivity index (χ3v) is 3.28. The van der Waals surface area contributed by atoms with Crippen LogP contribution in [0, 0.1) is 5.92 Å². The summed E-state index contributed by atoms with van der Waals surface area (Å²) in [7, 11) is 1.66. The molecule has 1 aliphatic rings. The van der Waals surface area contributed by atoms with Crippen LogP contribution < -0.4 is 5.56 Å². The molecule has 0 aromatic carbocycles. The Morgan fingerprint density at radius 2 is 2.18 bits per heavy atom. The molecule has 1 fully saturated rings. The number of pyridine rings is 1. The molecule has 1 aromatic rings. The van der Waals surface area contributed by atoms with Crippen molar-refractivity contribution in [2.24, 2.45) is 13.0 Å². The highest BCUT2D eigenvalue weighted by atomic mass is 16.2. The Kier molecular flexibility index (Phi) is 3.31. The summed E-state index contributed by atoms with van der Waals surface area (Å²) in [5, 5.41) is 0. The number of hydrogen-bond donors (Lipinski definition) is 0. The zero-order valence-electron chi connectivity index (χ0n) is 10.3. The first-order valence-electron chi connectivity index (χ1n) is 6.04. The summed E-state index contributed by atoms with van der Waals surface area (Å²) in [6.45, 7) is 3.81. The lowest BCUT2D eigenvalue weighted by Gasteiger charge is -2.31. The zero-order chi connectivity index (χ0) is 12.4. The molecule has 1 amide bonds. The number of aromatic nitrogens is 1. The molecule has 1 aromatic heterocycles. The second kappa shape index (κ2) is 4.73. The predicted octanol–water partition coefficient (Wildman–Crippen LogP) is 1.26. The Labute approximate surface area is 101 Å². The highest BCUT2D eigenvalue weighted by Gasteiger charge is 2.22. The SMILES string of the molecule is CC1CCCN(C(=O)c2ccc(=O)n(C)c2)C1. The number of likely N-dealkylation sites (tertiary alicyclic amines) is 1. The number of carbonyl (C=O) groups excluding carboxylic acids is 1. The van der Waals surface area contributed by atoms with Crippen LogP contribution in [-0.4, -0.2) is 28.5 Å². The Bertz CT molecular complexity index is 479. The molecule has 17 heavy (non-hydrogen) atoms. The molecule has 1 saturated heterocycles. The first-order valence-corrected chi connectivity index (χ1v) is 6.04. The summed E-state index contributed by atoms with van der Waals surface area (Å²) in [4.78, 5) is 25.4. The van der Waals surface area contributed by atoms with Crippen molar-refractivity contribution in [2.75, 3.05) is 13.1 Å². The number of nitrogens with zero attached hydrogens (tertiary/aromatic N) is 2. The molecule has 0 radical (unpaired) electrons. The average molecular weight is 234 g/mol. The lowest BCUT2D eigenvalue weighted by atomic mass is 10.00. The zero-order valence-corrected chi connectivity index (χ0v) is 10.3. The van der Waals surface area contributed by atoms with Crippen LogP contribution in [0.3, 0.4) is 0 Å². The molecular formula is C13H18N2O2. The van der Waals surface area contributed by atoms with Crippen LogP contribution in [0.5, 0.6) is 0 Å². The third-order valence-electron chi connectivity index (χ3n) is 3.28. The molecule has 0 spiro atoms. The maximum atomic E-state index is 12.2. The van der Waals surface area contributed by atoms with E-state index in [1.54, 1.807) is 19.3 Å². The van der Waals surface area contributed by atoms with Gasteiger partial charge in [-0.2, -0.15) is 0 Å². The maximum Gasteiger partial charge on any atom is 0.255 e. The van der Waals surface area contributed by atoms with Crippen LogP contribution in [0.15, 0.2) is 23.1 Å². The number of piperidine rings is 1. The Hall–Kier alpha value is -1.58. The fourth-order valence-corrected chi connectivity index (χ4v) is 2.28. The predicted molar refractivity (Wildman–Crippen MR) is 66.0 cm³/mol. The maximum absolute atomic E-state index is 12.2. The van der Waals surface area contributed by atoms with Crippen molar-refractivity contribution in [2.45, 2.75) is 19.8 Å². The highest BCUT2D eigenvalue weighted by Crippen LogP contribution is 2.17. The van der Waals surface area contributed by atoms with Crippen LogP contribution in [0.4, 0.5) is 0 Å². The Morgan fingerprint density at radius 3 is 2.82 bits per heavy atom. The van der Waals surface area contributed by atoms with Crippen molar-refractivity contribution < 1.29 is 4.79 Å². The molecule has 4 heteroatoms. The summed E-state index contributed by atoms with van der Waals surface area (Å²) in [6.07, 6.45) is 3.87. The molecule has 0 saturated carbocycles.